The maximum Gasteiger partial charge on any atom is 0.253 e. The van der Waals surface area contributed by atoms with Crippen LogP contribution >= 0.6 is 11.6 Å². The highest BCUT2D eigenvalue weighted by Crippen LogP contribution is 2.23. The number of carbonyl (C=O) groups is 3. The fourth-order valence-electron chi connectivity index (χ4n) is 3.24. The summed E-state index contributed by atoms with van der Waals surface area (Å²) in [6.45, 7) is 6.66. The predicted octanol–water partition coefficient (Wildman–Crippen LogP) is 2.61. The molecule has 0 bridgehead atoms. The molecule has 1 aromatic carbocycles. The van der Waals surface area contributed by atoms with Crippen LogP contribution in [0.3, 0.4) is 0 Å². The van der Waals surface area contributed by atoms with Crippen molar-refractivity contribution in [2.45, 2.75) is 52.1 Å². The number of hydrogen-bond donors (Lipinski definition) is 2. The second-order valence-corrected chi connectivity index (χ2v) is 7.50. The molecule has 2 N–H and O–H groups in total. The minimum Gasteiger partial charge on any atom is -0.352 e. The van der Waals surface area contributed by atoms with Crippen molar-refractivity contribution in [2.24, 2.45) is 5.92 Å². The number of likely N-dealkylation sites (tertiary alicyclic amines) is 1. The Labute approximate surface area is 165 Å². The van der Waals surface area contributed by atoms with Crippen LogP contribution in [0.4, 0.5) is 0 Å². The van der Waals surface area contributed by atoms with Gasteiger partial charge < -0.3 is 15.5 Å². The summed E-state index contributed by atoms with van der Waals surface area (Å²) in [6.07, 6.45) is 2.14. The standard InChI is InChI=1S/C20H28ClN3O3/c1-4-13(2)22-20(27)18(15-9-11-24(12-10-15)14(3)25)23-19(26)16-7-5-6-8-17(16)21/h5-8,13,15,18H,4,9-12H2,1-3H3,(H,22,27)(H,23,26)/t13-,18-/m1/s1. The fourth-order valence-corrected chi connectivity index (χ4v) is 3.47. The van der Waals surface area contributed by atoms with Crippen molar-refractivity contribution in [1.82, 2.24) is 15.5 Å². The van der Waals surface area contributed by atoms with Gasteiger partial charge in [-0.3, -0.25) is 14.4 Å². The van der Waals surface area contributed by atoms with E-state index in [4.69, 9.17) is 11.6 Å². The van der Waals surface area contributed by atoms with Gasteiger partial charge in [-0.05, 0) is 44.2 Å². The lowest BCUT2D eigenvalue weighted by molar-refractivity contribution is -0.130. The molecule has 1 aliphatic heterocycles. The maximum absolute atomic E-state index is 12.8. The van der Waals surface area contributed by atoms with Gasteiger partial charge in [-0.15, -0.1) is 0 Å². The molecule has 0 aliphatic carbocycles. The quantitative estimate of drug-likeness (QED) is 0.779. The Kier molecular flexibility index (Phi) is 7.66. The molecule has 0 saturated carbocycles. The van der Waals surface area contributed by atoms with Crippen molar-refractivity contribution >= 4 is 29.3 Å². The van der Waals surface area contributed by atoms with E-state index in [2.05, 4.69) is 10.6 Å². The van der Waals surface area contributed by atoms with Crippen LogP contribution in [0.5, 0.6) is 0 Å². The lowest BCUT2D eigenvalue weighted by Gasteiger charge is -2.35. The number of nitrogens with one attached hydrogen (secondary N) is 2. The number of carbonyl (C=O) groups excluding carboxylic acids is 3. The molecule has 27 heavy (non-hydrogen) atoms. The van der Waals surface area contributed by atoms with Crippen molar-refractivity contribution in [1.29, 1.82) is 0 Å². The summed E-state index contributed by atoms with van der Waals surface area (Å²) in [5.41, 5.74) is 0.349. The van der Waals surface area contributed by atoms with Crippen LogP contribution in [-0.2, 0) is 9.59 Å². The van der Waals surface area contributed by atoms with Crippen LogP contribution in [-0.4, -0.2) is 47.8 Å². The molecule has 0 radical (unpaired) electrons. The first-order chi connectivity index (χ1) is 12.8. The Balaban J connectivity index is 2.15. The van der Waals surface area contributed by atoms with Gasteiger partial charge in [-0.2, -0.15) is 0 Å². The summed E-state index contributed by atoms with van der Waals surface area (Å²) in [4.78, 5) is 38.9. The van der Waals surface area contributed by atoms with Crippen LogP contribution in [0.2, 0.25) is 5.02 Å². The number of nitrogens with zero attached hydrogens (tertiary/aromatic N) is 1. The van der Waals surface area contributed by atoms with E-state index in [1.807, 2.05) is 13.8 Å². The van der Waals surface area contributed by atoms with E-state index in [1.165, 1.54) is 0 Å². The van der Waals surface area contributed by atoms with Crippen molar-refractivity contribution in [2.75, 3.05) is 13.1 Å². The fraction of sp³-hybridized carbons (Fsp3) is 0.550. The molecule has 2 rings (SSSR count). The van der Waals surface area contributed by atoms with E-state index in [0.29, 0.717) is 36.5 Å². The third-order valence-corrected chi connectivity index (χ3v) is 5.47. The Morgan fingerprint density at radius 2 is 1.81 bits per heavy atom. The van der Waals surface area contributed by atoms with Gasteiger partial charge in [0.1, 0.15) is 6.04 Å². The van der Waals surface area contributed by atoms with Gasteiger partial charge >= 0.3 is 0 Å². The molecular formula is C20H28ClN3O3. The summed E-state index contributed by atoms with van der Waals surface area (Å²) in [5, 5.41) is 6.19. The number of hydrogen-bond acceptors (Lipinski definition) is 3. The summed E-state index contributed by atoms with van der Waals surface area (Å²) >= 11 is 6.12. The van der Waals surface area contributed by atoms with Gasteiger partial charge in [0, 0.05) is 26.1 Å². The van der Waals surface area contributed by atoms with E-state index >= 15 is 0 Å². The Morgan fingerprint density at radius 3 is 2.37 bits per heavy atom. The van der Waals surface area contributed by atoms with Gasteiger partial charge in [0.2, 0.25) is 11.8 Å². The number of halogens is 1. The van der Waals surface area contributed by atoms with Crippen LogP contribution in [0.25, 0.3) is 0 Å². The summed E-state index contributed by atoms with van der Waals surface area (Å²) in [6, 6.07) is 6.14. The van der Waals surface area contributed by atoms with E-state index in [0.717, 1.165) is 6.42 Å². The summed E-state index contributed by atoms with van der Waals surface area (Å²) in [7, 11) is 0. The molecule has 3 amide bonds. The summed E-state index contributed by atoms with van der Waals surface area (Å²) < 4.78 is 0. The van der Waals surface area contributed by atoms with E-state index in [1.54, 1.807) is 36.1 Å². The molecule has 148 valence electrons. The highest BCUT2D eigenvalue weighted by atomic mass is 35.5. The zero-order chi connectivity index (χ0) is 20.0. The lowest BCUT2D eigenvalue weighted by atomic mass is 9.88. The molecule has 1 heterocycles. The van der Waals surface area contributed by atoms with Gasteiger partial charge in [-0.25, -0.2) is 0 Å². The molecular weight excluding hydrogens is 366 g/mol. The van der Waals surface area contributed by atoms with Crippen LogP contribution in [0.1, 0.15) is 50.4 Å². The highest BCUT2D eigenvalue weighted by molar-refractivity contribution is 6.33. The first-order valence-electron chi connectivity index (χ1n) is 9.44. The molecule has 1 aromatic rings. The predicted molar refractivity (Wildman–Crippen MR) is 106 cm³/mol. The van der Waals surface area contributed by atoms with Gasteiger partial charge in [0.25, 0.3) is 5.91 Å². The molecule has 2 atom stereocenters. The topological polar surface area (TPSA) is 78.5 Å². The van der Waals surface area contributed by atoms with Crippen molar-refractivity contribution in [3.05, 3.63) is 34.9 Å². The minimum atomic E-state index is -0.656. The molecule has 1 saturated heterocycles. The number of piperidine rings is 1. The average Bonchev–Trinajstić information content (AvgIpc) is 2.66. The Morgan fingerprint density at radius 1 is 1.19 bits per heavy atom. The second-order valence-electron chi connectivity index (χ2n) is 7.09. The maximum atomic E-state index is 12.8. The third kappa shape index (κ3) is 5.70. The number of rotatable bonds is 6. The van der Waals surface area contributed by atoms with Crippen molar-refractivity contribution in [3.63, 3.8) is 0 Å². The molecule has 6 nitrogen and oxygen atoms in total. The lowest BCUT2D eigenvalue weighted by Crippen LogP contribution is -2.55. The van der Waals surface area contributed by atoms with Crippen molar-refractivity contribution < 1.29 is 14.4 Å². The summed E-state index contributed by atoms with van der Waals surface area (Å²) in [5.74, 6) is -0.546. The van der Waals surface area contributed by atoms with E-state index in [-0.39, 0.29) is 29.7 Å². The van der Waals surface area contributed by atoms with Gasteiger partial charge in [-0.1, -0.05) is 30.7 Å². The minimum absolute atomic E-state index is 0.0227. The Bertz CT molecular complexity index is 687. The van der Waals surface area contributed by atoms with Crippen LogP contribution in [0, 0.1) is 5.92 Å². The van der Waals surface area contributed by atoms with Gasteiger partial charge in [0.05, 0.1) is 10.6 Å². The largest absolute Gasteiger partial charge is 0.352 e. The highest BCUT2D eigenvalue weighted by Gasteiger charge is 2.34. The zero-order valence-electron chi connectivity index (χ0n) is 16.1. The monoisotopic (exact) mass is 393 g/mol. The SMILES string of the molecule is CC[C@@H](C)NC(=O)[C@H](NC(=O)c1ccccc1Cl)C1CCN(C(C)=O)CC1. The first kappa shape index (κ1) is 21.2. The average molecular weight is 394 g/mol. The van der Waals surface area contributed by atoms with Crippen LogP contribution in [0.15, 0.2) is 24.3 Å². The normalized spacial score (nSPS) is 17.1. The molecule has 7 heteroatoms. The Hall–Kier alpha value is -2.08. The zero-order valence-corrected chi connectivity index (χ0v) is 16.9. The number of amides is 3. The molecule has 0 aromatic heterocycles. The molecule has 1 fully saturated rings. The van der Waals surface area contributed by atoms with E-state index in [9.17, 15) is 14.4 Å². The van der Waals surface area contributed by atoms with Crippen molar-refractivity contribution in [3.8, 4) is 0 Å². The number of benzene rings is 1. The second kappa shape index (κ2) is 9.74. The smallest absolute Gasteiger partial charge is 0.253 e. The molecule has 0 spiro atoms. The third-order valence-electron chi connectivity index (χ3n) is 5.14. The van der Waals surface area contributed by atoms with E-state index < -0.39 is 6.04 Å². The molecule has 1 aliphatic rings. The van der Waals surface area contributed by atoms with Crippen LogP contribution < -0.4 is 10.6 Å². The first-order valence-corrected chi connectivity index (χ1v) is 9.82. The van der Waals surface area contributed by atoms with Gasteiger partial charge in [0.15, 0.2) is 0 Å². The molecule has 0 unspecified atom stereocenters.